The summed E-state index contributed by atoms with van der Waals surface area (Å²) in [6.07, 6.45) is 0.945. The van der Waals surface area contributed by atoms with Crippen LogP contribution in [-0.4, -0.2) is 4.98 Å². The molecular weight excluding hydrogens is 242 g/mol. The largest absolute Gasteiger partial charge is 0.253 e. The second-order valence-electron chi connectivity index (χ2n) is 4.82. The van der Waals surface area contributed by atoms with E-state index in [9.17, 15) is 0 Å². The number of aromatic nitrogens is 1. The summed E-state index contributed by atoms with van der Waals surface area (Å²) in [5.41, 5.74) is 5.81. The Bertz CT molecular complexity index is 630. The van der Waals surface area contributed by atoms with E-state index in [-0.39, 0.29) is 0 Å². The molecule has 1 aromatic heterocycles. The van der Waals surface area contributed by atoms with Gasteiger partial charge in [-0.2, -0.15) is 0 Å². The summed E-state index contributed by atoms with van der Waals surface area (Å²) in [6, 6.07) is 25.2. The quantitative estimate of drug-likeness (QED) is 0.646. The minimum atomic E-state index is 0.945. The highest BCUT2D eigenvalue weighted by molar-refractivity contribution is 5.71. The fourth-order valence-corrected chi connectivity index (χ4v) is 2.32. The fourth-order valence-electron chi connectivity index (χ4n) is 2.32. The monoisotopic (exact) mass is 259 g/mol. The first kappa shape index (κ1) is 12.6. The Hall–Kier alpha value is -2.41. The molecule has 0 aliphatic carbocycles. The van der Waals surface area contributed by atoms with Gasteiger partial charge in [-0.05, 0) is 29.7 Å². The maximum Gasteiger partial charge on any atom is 0.0711 e. The van der Waals surface area contributed by atoms with E-state index in [2.05, 4.69) is 67.6 Å². The van der Waals surface area contributed by atoms with E-state index >= 15 is 0 Å². The molecule has 20 heavy (non-hydrogen) atoms. The lowest BCUT2D eigenvalue weighted by molar-refractivity contribution is 1.04. The smallest absolute Gasteiger partial charge is 0.0711 e. The third-order valence-corrected chi connectivity index (χ3v) is 3.42. The molecule has 0 atom stereocenters. The van der Waals surface area contributed by atoms with Crippen molar-refractivity contribution in [1.29, 1.82) is 0 Å². The van der Waals surface area contributed by atoms with Gasteiger partial charge in [-0.25, -0.2) is 0 Å². The van der Waals surface area contributed by atoms with Gasteiger partial charge < -0.3 is 0 Å². The second-order valence-corrected chi connectivity index (χ2v) is 4.82. The molecule has 0 fully saturated rings. The van der Waals surface area contributed by atoms with Gasteiger partial charge in [0.25, 0.3) is 0 Å². The molecule has 98 valence electrons. The minimum Gasteiger partial charge on any atom is -0.253 e. The molecule has 1 heteroatoms. The predicted molar refractivity (Wildman–Crippen MR) is 84.5 cm³/mol. The van der Waals surface area contributed by atoms with E-state index in [1.165, 1.54) is 16.7 Å². The standard InChI is InChI=1S/C19H17N/c1-2-18-13-17(15-9-5-3-6-10-15)14-19(20-18)16-11-7-4-8-12-16/h3-14H,2H2,1H3. The molecule has 3 aromatic rings. The van der Waals surface area contributed by atoms with Crippen molar-refractivity contribution in [2.24, 2.45) is 0 Å². The third kappa shape index (κ3) is 2.62. The maximum atomic E-state index is 4.75. The fraction of sp³-hybridized carbons (Fsp3) is 0.105. The highest BCUT2D eigenvalue weighted by Gasteiger charge is 2.05. The van der Waals surface area contributed by atoms with Gasteiger partial charge in [0.05, 0.1) is 5.69 Å². The Balaban J connectivity index is 2.13. The molecule has 0 radical (unpaired) electrons. The third-order valence-electron chi connectivity index (χ3n) is 3.42. The molecule has 0 aliphatic rings. The predicted octanol–water partition coefficient (Wildman–Crippen LogP) is 4.98. The average molecular weight is 259 g/mol. The van der Waals surface area contributed by atoms with Crippen molar-refractivity contribution >= 4 is 0 Å². The number of hydrogen-bond donors (Lipinski definition) is 0. The number of rotatable bonds is 3. The van der Waals surface area contributed by atoms with E-state index in [0.29, 0.717) is 0 Å². The Kier molecular flexibility index (Phi) is 3.60. The summed E-state index contributed by atoms with van der Waals surface area (Å²) in [6.45, 7) is 2.14. The number of pyridine rings is 1. The summed E-state index contributed by atoms with van der Waals surface area (Å²) < 4.78 is 0. The maximum absolute atomic E-state index is 4.75. The Labute approximate surface area is 119 Å². The molecule has 0 saturated carbocycles. The van der Waals surface area contributed by atoms with Gasteiger partial charge in [-0.1, -0.05) is 67.6 Å². The van der Waals surface area contributed by atoms with Gasteiger partial charge in [0, 0.05) is 11.3 Å². The van der Waals surface area contributed by atoms with Crippen LogP contribution in [0, 0.1) is 0 Å². The molecule has 0 spiro atoms. The van der Waals surface area contributed by atoms with Crippen LogP contribution in [0.1, 0.15) is 12.6 Å². The molecule has 2 aromatic carbocycles. The van der Waals surface area contributed by atoms with E-state index in [0.717, 1.165) is 17.8 Å². The first-order valence-electron chi connectivity index (χ1n) is 6.98. The molecular formula is C19H17N. The van der Waals surface area contributed by atoms with Crippen molar-refractivity contribution < 1.29 is 0 Å². The van der Waals surface area contributed by atoms with Gasteiger partial charge in [-0.3, -0.25) is 4.98 Å². The van der Waals surface area contributed by atoms with Crippen LogP contribution in [0.5, 0.6) is 0 Å². The first-order chi connectivity index (χ1) is 9.86. The lowest BCUT2D eigenvalue weighted by Gasteiger charge is -2.08. The SMILES string of the molecule is CCc1cc(-c2ccccc2)cc(-c2ccccc2)n1. The lowest BCUT2D eigenvalue weighted by Crippen LogP contribution is -1.92. The van der Waals surface area contributed by atoms with Crippen molar-refractivity contribution in [3.05, 3.63) is 78.5 Å². The Morgan fingerprint density at radius 1 is 0.700 bits per heavy atom. The molecule has 1 nitrogen and oxygen atoms in total. The zero-order valence-electron chi connectivity index (χ0n) is 11.6. The molecule has 0 unspecified atom stereocenters. The number of aryl methyl sites for hydroxylation is 1. The van der Waals surface area contributed by atoms with Gasteiger partial charge in [-0.15, -0.1) is 0 Å². The van der Waals surface area contributed by atoms with E-state index in [1.54, 1.807) is 0 Å². The van der Waals surface area contributed by atoms with Gasteiger partial charge in [0.1, 0.15) is 0 Å². The molecule has 3 rings (SSSR count). The van der Waals surface area contributed by atoms with Crippen LogP contribution in [0.3, 0.4) is 0 Å². The van der Waals surface area contributed by atoms with Crippen LogP contribution in [0.4, 0.5) is 0 Å². The normalized spacial score (nSPS) is 10.4. The number of benzene rings is 2. The molecule has 0 aliphatic heterocycles. The summed E-state index contributed by atoms with van der Waals surface area (Å²) in [5, 5.41) is 0. The molecule has 0 N–H and O–H groups in total. The Morgan fingerprint density at radius 2 is 1.30 bits per heavy atom. The van der Waals surface area contributed by atoms with Crippen LogP contribution in [0.25, 0.3) is 22.4 Å². The molecule has 0 saturated heterocycles. The lowest BCUT2D eigenvalue weighted by atomic mass is 10.0. The van der Waals surface area contributed by atoms with Gasteiger partial charge in [0.2, 0.25) is 0 Å². The van der Waals surface area contributed by atoms with Crippen LogP contribution in [0.15, 0.2) is 72.8 Å². The van der Waals surface area contributed by atoms with Crippen molar-refractivity contribution in [2.45, 2.75) is 13.3 Å². The number of nitrogens with zero attached hydrogens (tertiary/aromatic N) is 1. The zero-order chi connectivity index (χ0) is 13.8. The average Bonchev–Trinajstić information content (AvgIpc) is 2.56. The van der Waals surface area contributed by atoms with Crippen LogP contribution in [0.2, 0.25) is 0 Å². The highest BCUT2D eigenvalue weighted by Crippen LogP contribution is 2.26. The number of hydrogen-bond acceptors (Lipinski definition) is 1. The zero-order valence-corrected chi connectivity index (χ0v) is 11.6. The van der Waals surface area contributed by atoms with E-state index in [1.807, 2.05) is 12.1 Å². The van der Waals surface area contributed by atoms with Crippen LogP contribution in [-0.2, 0) is 6.42 Å². The van der Waals surface area contributed by atoms with Crippen molar-refractivity contribution in [2.75, 3.05) is 0 Å². The van der Waals surface area contributed by atoms with E-state index < -0.39 is 0 Å². The molecule has 0 bridgehead atoms. The van der Waals surface area contributed by atoms with Crippen molar-refractivity contribution in [3.8, 4) is 22.4 Å². The first-order valence-corrected chi connectivity index (χ1v) is 6.98. The highest BCUT2D eigenvalue weighted by atomic mass is 14.7. The summed E-state index contributed by atoms with van der Waals surface area (Å²) >= 11 is 0. The van der Waals surface area contributed by atoms with Crippen molar-refractivity contribution in [1.82, 2.24) is 4.98 Å². The second kappa shape index (κ2) is 5.70. The van der Waals surface area contributed by atoms with E-state index in [4.69, 9.17) is 4.98 Å². The van der Waals surface area contributed by atoms with Gasteiger partial charge in [0.15, 0.2) is 0 Å². The van der Waals surface area contributed by atoms with Gasteiger partial charge >= 0.3 is 0 Å². The van der Waals surface area contributed by atoms with Crippen molar-refractivity contribution in [3.63, 3.8) is 0 Å². The molecule has 1 heterocycles. The summed E-state index contributed by atoms with van der Waals surface area (Å²) in [7, 11) is 0. The minimum absolute atomic E-state index is 0.945. The topological polar surface area (TPSA) is 12.9 Å². The van der Waals surface area contributed by atoms with Crippen LogP contribution >= 0.6 is 0 Å². The Morgan fingerprint density at radius 3 is 1.90 bits per heavy atom. The van der Waals surface area contributed by atoms with Crippen LogP contribution < -0.4 is 0 Å². The summed E-state index contributed by atoms with van der Waals surface area (Å²) in [5.74, 6) is 0. The summed E-state index contributed by atoms with van der Waals surface area (Å²) in [4.78, 5) is 4.75. The molecule has 0 amide bonds.